The van der Waals surface area contributed by atoms with Crippen molar-refractivity contribution < 1.29 is 5.11 Å². The van der Waals surface area contributed by atoms with Crippen molar-refractivity contribution in [1.82, 2.24) is 4.98 Å². The molecule has 1 unspecified atom stereocenters. The molecule has 4 nitrogen and oxygen atoms in total. The fourth-order valence-corrected chi connectivity index (χ4v) is 1.29. The van der Waals surface area contributed by atoms with Crippen LogP contribution in [0.15, 0.2) is 18.2 Å². The highest BCUT2D eigenvalue weighted by atomic mass is 16.3. The molecule has 0 aliphatic carbocycles. The lowest BCUT2D eigenvalue weighted by molar-refractivity contribution is 0.249. The minimum Gasteiger partial charge on any atom is -0.394 e. The number of aliphatic hydroxyl groups is 1. The average Bonchev–Trinajstić information content (AvgIpc) is 2.25. The second-order valence-electron chi connectivity index (χ2n) is 3.90. The van der Waals surface area contributed by atoms with Gasteiger partial charge >= 0.3 is 0 Å². The standard InChI is InChI=1S/C11H19N3O/c1-8(2)10(7-15)14-11-5-3-4-9(6-12)13-11/h3-5,8,10,15H,6-7,12H2,1-2H3,(H,13,14). The lowest BCUT2D eigenvalue weighted by Crippen LogP contribution is -2.29. The van der Waals surface area contributed by atoms with Crippen molar-refractivity contribution in [3.05, 3.63) is 23.9 Å². The summed E-state index contributed by atoms with van der Waals surface area (Å²) in [6.07, 6.45) is 0. The number of aliphatic hydroxyl groups excluding tert-OH is 1. The Hall–Kier alpha value is -1.13. The number of pyridine rings is 1. The van der Waals surface area contributed by atoms with Gasteiger partial charge in [-0.15, -0.1) is 0 Å². The van der Waals surface area contributed by atoms with Crippen molar-refractivity contribution in [1.29, 1.82) is 0 Å². The predicted molar refractivity (Wildman–Crippen MR) is 61.5 cm³/mol. The molecule has 0 saturated carbocycles. The van der Waals surface area contributed by atoms with Crippen molar-refractivity contribution >= 4 is 5.82 Å². The first-order chi connectivity index (χ1) is 7.17. The minimum absolute atomic E-state index is 0.0329. The van der Waals surface area contributed by atoms with Crippen LogP contribution in [0.5, 0.6) is 0 Å². The van der Waals surface area contributed by atoms with E-state index in [1.807, 2.05) is 18.2 Å². The van der Waals surface area contributed by atoms with E-state index >= 15 is 0 Å². The number of hydrogen-bond acceptors (Lipinski definition) is 4. The number of nitrogens with zero attached hydrogens (tertiary/aromatic N) is 1. The Labute approximate surface area is 90.5 Å². The zero-order chi connectivity index (χ0) is 11.3. The molecule has 1 aromatic rings. The third kappa shape index (κ3) is 3.49. The molecule has 1 heterocycles. The molecule has 0 saturated heterocycles. The van der Waals surface area contributed by atoms with Crippen LogP contribution < -0.4 is 11.1 Å². The molecule has 1 atom stereocenters. The van der Waals surface area contributed by atoms with Gasteiger partial charge in [0.15, 0.2) is 0 Å². The van der Waals surface area contributed by atoms with Gasteiger partial charge in [0.25, 0.3) is 0 Å². The molecule has 1 rings (SSSR count). The van der Waals surface area contributed by atoms with Crippen LogP contribution in [0.25, 0.3) is 0 Å². The van der Waals surface area contributed by atoms with Gasteiger partial charge in [0, 0.05) is 6.54 Å². The van der Waals surface area contributed by atoms with Crippen LogP contribution in [0.4, 0.5) is 5.82 Å². The van der Waals surface area contributed by atoms with Crippen LogP contribution in [-0.4, -0.2) is 22.7 Å². The van der Waals surface area contributed by atoms with Gasteiger partial charge in [0.2, 0.25) is 0 Å². The third-order valence-electron chi connectivity index (χ3n) is 2.35. The maximum absolute atomic E-state index is 9.17. The van der Waals surface area contributed by atoms with E-state index < -0.39 is 0 Å². The van der Waals surface area contributed by atoms with Crippen LogP contribution >= 0.6 is 0 Å². The molecular formula is C11H19N3O. The Bertz CT molecular complexity index is 302. The Morgan fingerprint density at radius 2 is 2.20 bits per heavy atom. The molecule has 15 heavy (non-hydrogen) atoms. The quantitative estimate of drug-likeness (QED) is 0.675. The SMILES string of the molecule is CC(C)C(CO)Nc1cccc(CN)n1. The fourth-order valence-electron chi connectivity index (χ4n) is 1.29. The molecule has 4 heteroatoms. The van der Waals surface area contributed by atoms with E-state index in [9.17, 15) is 0 Å². The number of hydrogen-bond donors (Lipinski definition) is 3. The molecule has 0 aliphatic rings. The van der Waals surface area contributed by atoms with Crippen LogP contribution in [-0.2, 0) is 6.54 Å². The normalized spacial score (nSPS) is 12.9. The Morgan fingerprint density at radius 3 is 2.73 bits per heavy atom. The largest absolute Gasteiger partial charge is 0.394 e. The molecule has 1 aromatic heterocycles. The van der Waals surface area contributed by atoms with E-state index in [-0.39, 0.29) is 12.6 Å². The number of anilines is 1. The molecule has 4 N–H and O–H groups in total. The van der Waals surface area contributed by atoms with Gasteiger partial charge in [-0.25, -0.2) is 4.98 Å². The smallest absolute Gasteiger partial charge is 0.126 e. The molecule has 0 fully saturated rings. The molecule has 84 valence electrons. The number of aromatic nitrogens is 1. The Morgan fingerprint density at radius 1 is 1.47 bits per heavy atom. The maximum atomic E-state index is 9.17. The molecule has 0 radical (unpaired) electrons. The molecule has 0 aromatic carbocycles. The van der Waals surface area contributed by atoms with Crippen LogP contribution in [0.2, 0.25) is 0 Å². The lowest BCUT2D eigenvalue weighted by atomic mass is 10.1. The Balaban J connectivity index is 2.70. The van der Waals surface area contributed by atoms with Crippen molar-refractivity contribution in [2.75, 3.05) is 11.9 Å². The average molecular weight is 209 g/mol. The molecule has 0 aliphatic heterocycles. The van der Waals surface area contributed by atoms with Gasteiger partial charge in [-0.2, -0.15) is 0 Å². The highest BCUT2D eigenvalue weighted by Crippen LogP contribution is 2.10. The van der Waals surface area contributed by atoms with E-state index in [0.717, 1.165) is 11.5 Å². The van der Waals surface area contributed by atoms with Crippen LogP contribution in [0, 0.1) is 5.92 Å². The predicted octanol–water partition coefficient (Wildman–Crippen LogP) is 0.969. The van der Waals surface area contributed by atoms with E-state index in [1.54, 1.807) is 0 Å². The van der Waals surface area contributed by atoms with E-state index in [4.69, 9.17) is 10.8 Å². The highest BCUT2D eigenvalue weighted by molar-refractivity contribution is 5.36. The van der Waals surface area contributed by atoms with E-state index in [0.29, 0.717) is 12.5 Å². The molecule has 0 amide bonds. The van der Waals surface area contributed by atoms with Gasteiger partial charge in [-0.3, -0.25) is 0 Å². The van der Waals surface area contributed by atoms with Crippen LogP contribution in [0.1, 0.15) is 19.5 Å². The summed E-state index contributed by atoms with van der Waals surface area (Å²) >= 11 is 0. The van der Waals surface area contributed by atoms with E-state index in [2.05, 4.69) is 24.1 Å². The monoisotopic (exact) mass is 209 g/mol. The summed E-state index contributed by atoms with van der Waals surface area (Å²) < 4.78 is 0. The zero-order valence-corrected chi connectivity index (χ0v) is 9.27. The van der Waals surface area contributed by atoms with Gasteiger partial charge in [-0.1, -0.05) is 19.9 Å². The fraction of sp³-hybridized carbons (Fsp3) is 0.545. The summed E-state index contributed by atoms with van der Waals surface area (Å²) in [6.45, 7) is 4.65. The first-order valence-electron chi connectivity index (χ1n) is 5.20. The Kier molecular flexibility index (Phi) is 4.52. The summed E-state index contributed by atoms with van der Waals surface area (Å²) in [5.41, 5.74) is 6.35. The molecule has 0 spiro atoms. The summed E-state index contributed by atoms with van der Waals surface area (Å²) in [6, 6.07) is 5.70. The third-order valence-corrected chi connectivity index (χ3v) is 2.35. The first-order valence-corrected chi connectivity index (χ1v) is 5.20. The van der Waals surface area contributed by atoms with Crippen LogP contribution in [0.3, 0.4) is 0 Å². The summed E-state index contributed by atoms with van der Waals surface area (Å²) in [4.78, 5) is 4.31. The zero-order valence-electron chi connectivity index (χ0n) is 9.27. The maximum Gasteiger partial charge on any atom is 0.126 e. The second-order valence-corrected chi connectivity index (χ2v) is 3.90. The lowest BCUT2D eigenvalue weighted by Gasteiger charge is -2.20. The van der Waals surface area contributed by atoms with Crippen molar-refractivity contribution in [3.63, 3.8) is 0 Å². The van der Waals surface area contributed by atoms with Gasteiger partial charge in [0.05, 0.1) is 18.3 Å². The minimum atomic E-state index is 0.0329. The topological polar surface area (TPSA) is 71.2 Å². The summed E-state index contributed by atoms with van der Waals surface area (Å²) in [5.74, 6) is 1.13. The van der Waals surface area contributed by atoms with Gasteiger partial charge < -0.3 is 16.2 Å². The van der Waals surface area contributed by atoms with Crippen molar-refractivity contribution in [2.24, 2.45) is 11.7 Å². The van der Waals surface area contributed by atoms with Crippen molar-refractivity contribution in [3.8, 4) is 0 Å². The summed E-state index contributed by atoms with van der Waals surface area (Å²) in [5, 5.41) is 12.4. The molecular weight excluding hydrogens is 190 g/mol. The highest BCUT2D eigenvalue weighted by Gasteiger charge is 2.11. The van der Waals surface area contributed by atoms with Gasteiger partial charge in [-0.05, 0) is 18.1 Å². The van der Waals surface area contributed by atoms with Gasteiger partial charge in [0.1, 0.15) is 5.82 Å². The number of nitrogens with two attached hydrogens (primary N) is 1. The second kappa shape index (κ2) is 5.68. The van der Waals surface area contributed by atoms with E-state index in [1.165, 1.54) is 0 Å². The molecule has 0 bridgehead atoms. The number of rotatable bonds is 5. The first kappa shape index (κ1) is 11.9. The summed E-state index contributed by atoms with van der Waals surface area (Å²) in [7, 11) is 0. The number of nitrogens with one attached hydrogen (secondary N) is 1. The van der Waals surface area contributed by atoms with Crippen molar-refractivity contribution in [2.45, 2.75) is 26.4 Å².